The third kappa shape index (κ3) is 4.56. The number of benzene rings is 2. The Morgan fingerprint density at radius 3 is 2.68 bits per heavy atom. The third-order valence-corrected chi connectivity index (χ3v) is 5.61. The van der Waals surface area contributed by atoms with Crippen LogP contribution in [0.3, 0.4) is 0 Å². The molecule has 162 valence electrons. The fraction of sp³-hybridized carbons (Fsp3) is 0.333. The van der Waals surface area contributed by atoms with Gasteiger partial charge in [-0.15, -0.1) is 0 Å². The van der Waals surface area contributed by atoms with E-state index in [1.165, 1.54) is 0 Å². The van der Waals surface area contributed by atoms with Gasteiger partial charge in [0.15, 0.2) is 0 Å². The molecule has 4 rings (SSSR count). The maximum Gasteiger partial charge on any atom is 0.239 e. The van der Waals surface area contributed by atoms with E-state index < -0.39 is 0 Å². The zero-order valence-electron chi connectivity index (χ0n) is 18.2. The first-order valence-electron chi connectivity index (χ1n) is 10.5. The van der Waals surface area contributed by atoms with E-state index in [1.807, 2.05) is 61.5 Å². The highest BCUT2D eigenvalue weighted by Gasteiger charge is 2.30. The number of anilines is 1. The Labute approximate surface area is 182 Å². The fourth-order valence-electron chi connectivity index (χ4n) is 4.18. The smallest absolute Gasteiger partial charge is 0.239 e. The molecule has 0 saturated carbocycles. The number of ether oxygens (including phenoxy) is 2. The van der Waals surface area contributed by atoms with Crippen molar-refractivity contribution in [3.63, 3.8) is 0 Å². The van der Waals surface area contributed by atoms with Crippen LogP contribution in [0.1, 0.15) is 30.1 Å². The number of likely N-dealkylation sites (tertiary alicyclic amines) is 1. The fourth-order valence-corrected chi connectivity index (χ4v) is 4.18. The Bertz CT molecular complexity index is 1050. The van der Waals surface area contributed by atoms with Crippen LogP contribution in [0, 0.1) is 6.92 Å². The Morgan fingerprint density at radius 2 is 1.94 bits per heavy atom. The highest BCUT2D eigenvalue weighted by molar-refractivity contribution is 5.91. The molecule has 0 radical (unpaired) electrons. The van der Waals surface area contributed by atoms with Gasteiger partial charge in [-0.1, -0.05) is 24.3 Å². The molecule has 0 aliphatic carbocycles. The number of hydrogen-bond acceptors (Lipinski definition) is 5. The van der Waals surface area contributed by atoms with Gasteiger partial charge in [-0.25, -0.2) is 4.68 Å². The quantitative estimate of drug-likeness (QED) is 0.626. The molecule has 1 aliphatic heterocycles. The number of carbonyl (C=O) groups is 1. The maximum absolute atomic E-state index is 12.9. The molecule has 1 amide bonds. The zero-order chi connectivity index (χ0) is 21.8. The van der Waals surface area contributed by atoms with Crippen molar-refractivity contribution >= 4 is 11.7 Å². The number of methoxy groups -OCH3 is 2. The van der Waals surface area contributed by atoms with E-state index in [0.717, 1.165) is 47.8 Å². The van der Waals surface area contributed by atoms with E-state index in [4.69, 9.17) is 9.47 Å². The van der Waals surface area contributed by atoms with Crippen molar-refractivity contribution in [1.29, 1.82) is 0 Å². The second-order valence-corrected chi connectivity index (χ2v) is 7.70. The summed E-state index contributed by atoms with van der Waals surface area (Å²) < 4.78 is 12.7. The summed E-state index contributed by atoms with van der Waals surface area (Å²) in [6, 6.07) is 17.7. The van der Waals surface area contributed by atoms with Gasteiger partial charge >= 0.3 is 0 Å². The number of aryl methyl sites for hydroxylation is 1. The van der Waals surface area contributed by atoms with E-state index in [-0.39, 0.29) is 11.9 Å². The van der Waals surface area contributed by atoms with E-state index in [2.05, 4.69) is 15.3 Å². The molecule has 1 aromatic heterocycles. The monoisotopic (exact) mass is 420 g/mol. The van der Waals surface area contributed by atoms with Gasteiger partial charge in [0.25, 0.3) is 0 Å². The molecule has 31 heavy (non-hydrogen) atoms. The zero-order valence-corrected chi connectivity index (χ0v) is 18.2. The number of aromatic nitrogens is 2. The van der Waals surface area contributed by atoms with E-state index in [0.29, 0.717) is 12.4 Å². The van der Waals surface area contributed by atoms with Crippen molar-refractivity contribution in [2.75, 3.05) is 32.6 Å². The highest BCUT2D eigenvalue weighted by atomic mass is 16.5. The average molecular weight is 421 g/mol. The van der Waals surface area contributed by atoms with Crippen LogP contribution in [0.15, 0.2) is 54.6 Å². The van der Waals surface area contributed by atoms with Crippen LogP contribution in [0.2, 0.25) is 0 Å². The summed E-state index contributed by atoms with van der Waals surface area (Å²) in [7, 11) is 3.31. The molecule has 1 N–H and O–H groups in total. The maximum atomic E-state index is 12.9. The molecule has 0 spiro atoms. The van der Waals surface area contributed by atoms with Crippen molar-refractivity contribution < 1.29 is 14.3 Å². The molecule has 1 saturated heterocycles. The summed E-state index contributed by atoms with van der Waals surface area (Å²) in [6.45, 7) is 3.09. The molecular weight excluding hydrogens is 392 g/mol. The predicted molar refractivity (Wildman–Crippen MR) is 120 cm³/mol. The Morgan fingerprint density at radius 1 is 1.13 bits per heavy atom. The Balaban J connectivity index is 1.49. The van der Waals surface area contributed by atoms with Crippen molar-refractivity contribution in [1.82, 2.24) is 14.7 Å². The second-order valence-electron chi connectivity index (χ2n) is 7.70. The van der Waals surface area contributed by atoms with E-state index >= 15 is 0 Å². The van der Waals surface area contributed by atoms with Crippen molar-refractivity contribution in [2.45, 2.75) is 25.8 Å². The van der Waals surface area contributed by atoms with Gasteiger partial charge in [0.2, 0.25) is 5.91 Å². The van der Waals surface area contributed by atoms with Gasteiger partial charge in [0.1, 0.15) is 17.3 Å². The van der Waals surface area contributed by atoms with Crippen LogP contribution in [0.5, 0.6) is 11.5 Å². The molecule has 0 bridgehead atoms. The lowest BCUT2D eigenvalue weighted by Gasteiger charge is -2.26. The van der Waals surface area contributed by atoms with Gasteiger partial charge in [0.05, 0.1) is 32.1 Å². The summed E-state index contributed by atoms with van der Waals surface area (Å²) in [5.74, 6) is 2.16. The SMILES string of the molecule is COc1ccc([C@@H]2CCCN2CC(=O)Nc2cc(C)nn2-c2ccccc2)c(OC)c1. The normalized spacial score (nSPS) is 16.3. The minimum Gasteiger partial charge on any atom is -0.497 e. The number of carbonyl (C=O) groups excluding carboxylic acids is 1. The second kappa shape index (κ2) is 9.22. The van der Waals surface area contributed by atoms with Gasteiger partial charge in [-0.05, 0) is 44.5 Å². The topological polar surface area (TPSA) is 68.6 Å². The predicted octanol–water partition coefficient (Wildman–Crippen LogP) is 3.97. The number of rotatable bonds is 7. The summed E-state index contributed by atoms with van der Waals surface area (Å²) in [5.41, 5.74) is 2.84. The standard InChI is InChI=1S/C24H28N4O3/c1-17-14-23(28(26-17)18-8-5-4-6-9-18)25-24(29)16-27-13-7-10-21(27)20-12-11-19(30-2)15-22(20)31-3/h4-6,8-9,11-12,14-15,21H,7,10,13,16H2,1-3H3,(H,25,29)/t21-/m0/s1. The van der Waals surface area contributed by atoms with Crippen LogP contribution in [0.4, 0.5) is 5.82 Å². The molecule has 1 fully saturated rings. The van der Waals surface area contributed by atoms with Gasteiger partial charge in [0, 0.05) is 23.7 Å². The molecular formula is C24H28N4O3. The van der Waals surface area contributed by atoms with Crippen molar-refractivity contribution in [2.24, 2.45) is 0 Å². The first kappa shape index (κ1) is 20.9. The van der Waals surface area contributed by atoms with Crippen LogP contribution in [-0.4, -0.2) is 47.9 Å². The average Bonchev–Trinajstić information content (AvgIpc) is 3.39. The van der Waals surface area contributed by atoms with Crippen LogP contribution >= 0.6 is 0 Å². The van der Waals surface area contributed by atoms with Crippen LogP contribution in [0.25, 0.3) is 5.69 Å². The molecule has 1 aliphatic rings. The highest BCUT2D eigenvalue weighted by Crippen LogP contribution is 2.38. The van der Waals surface area contributed by atoms with Crippen LogP contribution < -0.4 is 14.8 Å². The number of hydrogen-bond donors (Lipinski definition) is 1. The largest absolute Gasteiger partial charge is 0.497 e. The van der Waals surface area contributed by atoms with Gasteiger partial charge < -0.3 is 14.8 Å². The lowest BCUT2D eigenvalue weighted by molar-refractivity contribution is -0.117. The minimum absolute atomic E-state index is 0.0588. The first-order valence-corrected chi connectivity index (χ1v) is 10.5. The Hall–Kier alpha value is -3.32. The molecule has 1 atom stereocenters. The number of nitrogens with one attached hydrogen (secondary N) is 1. The lowest BCUT2D eigenvalue weighted by Crippen LogP contribution is -2.33. The molecule has 7 heteroatoms. The lowest BCUT2D eigenvalue weighted by atomic mass is 10.0. The summed E-state index contributed by atoms with van der Waals surface area (Å²) in [5, 5.41) is 7.57. The minimum atomic E-state index is -0.0588. The molecule has 2 aromatic carbocycles. The van der Waals surface area contributed by atoms with Gasteiger partial charge in [-0.2, -0.15) is 5.10 Å². The molecule has 2 heterocycles. The Kier molecular flexibility index (Phi) is 6.23. The van der Waals surface area contributed by atoms with Crippen molar-refractivity contribution in [3.8, 4) is 17.2 Å². The number of para-hydroxylation sites is 1. The number of nitrogens with zero attached hydrogens (tertiary/aromatic N) is 3. The van der Waals surface area contributed by atoms with Gasteiger partial charge in [-0.3, -0.25) is 9.69 Å². The van der Waals surface area contributed by atoms with E-state index in [1.54, 1.807) is 18.9 Å². The number of amides is 1. The molecule has 7 nitrogen and oxygen atoms in total. The summed E-state index contributed by atoms with van der Waals surface area (Å²) in [4.78, 5) is 15.2. The van der Waals surface area contributed by atoms with Crippen LogP contribution in [-0.2, 0) is 4.79 Å². The van der Waals surface area contributed by atoms with E-state index in [9.17, 15) is 4.79 Å². The summed E-state index contributed by atoms with van der Waals surface area (Å²) in [6.07, 6.45) is 2.02. The third-order valence-electron chi connectivity index (χ3n) is 5.61. The molecule has 3 aromatic rings. The molecule has 0 unspecified atom stereocenters. The first-order chi connectivity index (χ1) is 15.1. The van der Waals surface area contributed by atoms with Crippen molar-refractivity contribution in [3.05, 3.63) is 65.9 Å². The summed E-state index contributed by atoms with van der Waals surface area (Å²) >= 11 is 0.